The van der Waals surface area contributed by atoms with E-state index in [1.54, 1.807) is 12.4 Å². The maximum atomic E-state index is 5.33. The van der Waals surface area contributed by atoms with Gasteiger partial charge in [0.1, 0.15) is 0 Å². The van der Waals surface area contributed by atoms with Gasteiger partial charge in [-0.3, -0.25) is 9.97 Å². The van der Waals surface area contributed by atoms with Gasteiger partial charge in [-0.25, -0.2) is 0 Å². The molecule has 2 N–H and O–H groups in total. The van der Waals surface area contributed by atoms with Gasteiger partial charge in [0.25, 0.3) is 0 Å². The lowest BCUT2D eigenvalue weighted by Gasteiger charge is -2.00. The van der Waals surface area contributed by atoms with Crippen LogP contribution in [-0.4, -0.2) is 27.2 Å². The van der Waals surface area contributed by atoms with Crippen molar-refractivity contribution in [3.8, 4) is 0 Å². The van der Waals surface area contributed by atoms with E-state index in [2.05, 4.69) is 30.8 Å². The molecular weight excluding hydrogens is 220 g/mol. The minimum Gasteiger partial charge on any atom is -0.407 e. The SMILES string of the molecule is CNCc1nnc(NCc2cnc(C)cn2)o1. The quantitative estimate of drug-likeness (QED) is 0.778. The topological polar surface area (TPSA) is 88.8 Å². The molecule has 7 heteroatoms. The van der Waals surface area contributed by atoms with Gasteiger partial charge in [0.05, 0.1) is 30.7 Å². The second-order valence-electron chi connectivity index (χ2n) is 3.53. The van der Waals surface area contributed by atoms with Crippen LogP contribution in [0.3, 0.4) is 0 Å². The summed E-state index contributed by atoms with van der Waals surface area (Å²) in [6.45, 7) is 2.96. The number of rotatable bonds is 5. The molecule has 0 radical (unpaired) electrons. The lowest BCUT2D eigenvalue weighted by molar-refractivity contribution is 0.489. The third kappa shape index (κ3) is 3.22. The Hall–Kier alpha value is -2.02. The van der Waals surface area contributed by atoms with Crippen molar-refractivity contribution in [2.24, 2.45) is 0 Å². The van der Waals surface area contributed by atoms with E-state index >= 15 is 0 Å². The second-order valence-corrected chi connectivity index (χ2v) is 3.53. The Bertz CT molecular complexity index is 466. The number of hydrogen-bond donors (Lipinski definition) is 2. The van der Waals surface area contributed by atoms with E-state index in [0.717, 1.165) is 11.4 Å². The molecule has 0 spiro atoms. The first-order chi connectivity index (χ1) is 8.28. The Kier molecular flexibility index (Phi) is 3.61. The van der Waals surface area contributed by atoms with E-state index in [1.807, 2.05) is 14.0 Å². The predicted molar refractivity (Wildman–Crippen MR) is 61.2 cm³/mol. The van der Waals surface area contributed by atoms with Gasteiger partial charge in [-0.15, -0.1) is 5.10 Å². The summed E-state index contributed by atoms with van der Waals surface area (Å²) < 4.78 is 5.33. The lowest BCUT2D eigenvalue weighted by Crippen LogP contribution is -2.05. The lowest BCUT2D eigenvalue weighted by atomic mass is 10.4. The normalized spacial score (nSPS) is 10.5. The fourth-order valence-electron chi connectivity index (χ4n) is 1.22. The van der Waals surface area contributed by atoms with Gasteiger partial charge in [0.15, 0.2) is 0 Å². The van der Waals surface area contributed by atoms with Crippen LogP contribution in [-0.2, 0) is 13.1 Å². The second kappa shape index (κ2) is 5.35. The van der Waals surface area contributed by atoms with Crippen LogP contribution in [0, 0.1) is 6.92 Å². The zero-order chi connectivity index (χ0) is 12.1. The van der Waals surface area contributed by atoms with Gasteiger partial charge in [0.2, 0.25) is 5.89 Å². The molecule has 0 unspecified atom stereocenters. The van der Waals surface area contributed by atoms with Crippen molar-refractivity contribution in [1.29, 1.82) is 0 Å². The molecule has 90 valence electrons. The Morgan fingerprint density at radius 1 is 1.18 bits per heavy atom. The van der Waals surface area contributed by atoms with Gasteiger partial charge in [-0.1, -0.05) is 5.10 Å². The Labute approximate surface area is 98.7 Å². The molecule has 0 bridgehead atoms. The van der Waals surface area contributed by atoms with E-state index in [9.17, 15) is 0 Å². The monoisotopic (exact) mass is 234 g/mol. The smallest absolute Gasteiger partial charge is 0.315 e. The largest absolute Gasteiger partial charge is 0.407 e. The van der Waals surface area contributed by atoms with Gasteiger partial charge in [-0.2, -0.15) is 0 Å². The highest BCUT2D eigenvalue weighted by molar-refractivity contribution is 5.19. The number of aromatic nitrogens is 4. The summed E-state index contributed by atoms with van der Waals surface area (Å²) in [6.07, 6.45) is 3.43. The maximum absolute atomic E-state index is 5.33. The zero-order valence-electron chi connectivity index (χ0n) is 9.77. The van der Waals surface area contributed by atoms with Gasteiger partial charge in [0, 0.05) is 6.20 Å². The third-order valence-corrected chi connectivity index (χ3v) is 2.05. The average Bonchev–Trinajstić information content (AvgIpc) is 2.77. The molecule has 0 fully saturated rings. The van der Waals surface area contributed by atoms with Crippen LogP contribution in [0.2, 0.25) is 0 Å². The van der Waals surface area contributed by atoms with Crippen LogP contribution in [0.15, 0.2) is 16.8 Å². The molecule has 2 rings (SSSR count). The summed E-state index contributed by atoms with van der Waals surface area (Å²) in [5, 5.41) is 13.6. The molecule has 0 atom stereocenters. The summed E-state index contributed by atoms with van der Waals surface area (Å²) in [5.74, 6) is 0.546. The van der Waals surface area contributed by atoms with Crippen LogP contribution in [0.4, 0.5) is 6.01 Å². The number of nitrogens with zero attached hydrogens (tertiary/aromatic N) is 4. The molecule has 0 aliphatic carbocycles. The molecule has 0 saturated heterocycles. The van der Waals surface area contributed by atoms with E-state index < -0.39 is 0 Å². The van der Waals surface area contributed by atoms with Crippen LogP contribution in [0.25, 0.3) is 0 Å². The van der Waals surface area contributed by atoms with Crippen LogP contribution >= 0.6 is 0 Å². The average molecular weight is 234 g/mol. The Morgan fingerprint density at radius 2 is 2.06 bits per heavy atom. The molecule has 2 aromatic rings. The summed E-state index contributed by atoms with van der Waals surface area (Å²) in [4.78, 5) is 8.36. The molecule has 2 aromatic heterocycles. The molecule has 0 aromatic carbocycles. The van der Waals surface area contributed by atoms with E-state index in [-0.39, 0.29) is 0 Å². The minimum atomic E-state index is 0.387. The molecule has 2 heterocycles. The predicted octanol–water partition coefficient (Wildman–Crippen LogP) is 0.500. The van der Waals surface area contributed by atoms with Crippen molar-refractivity contribution in [2.45, 2.75) is 20.0 Å². The molecule has 0 aliphatic rings. The van der Waals surface area contributed by atoms with Crippen LogP contribution in [0.1, 0.15) is 17.3 Å². The molecule has 7 nitrogen and oxygen atoms in total. The highest BCUT2D eigenvalue weighted by Gasteiger charge is 2.04. The molecular formula is C10H14N6O. The van der Waals surface area contributed by atoms with E-state index in [1.165, 1.54) is 0 Å². The summed E-state index contributed by atoms with van der Waals surface area (Å²) >= 11 is 0. The van der Waals surface area contributed by atoms with Crippen molar-refractivity contribution in [1.82, 2.24) is 25.5 Å². The van der Waals surface area contributed by atoms with Crippen LogP contribution < -0.4 is 10.6 Å². The first-order valence-corrected chi connectivity index (χ1v) is 5.26. The van der Waals surface area contributed by atoms with Gasteiger partial charge in [-0.05, 0) is 14.0 Å². The molecule has 17 heavy (non-hydrogen) atoms. The molecule has 0 amide bonds. The van der Waals surface area contributed by atoms with Crippen LogP contribution in [0.5, 0.6) is 0 Å². The first-order valence-electron chi connectivity index (χ1n) is 5.26. The molecule has 0 aliphatic heterocycles. The third-order valence-electron chi connectivity index (χ3n) is 2.05. The minimum absolute atomic E-state index is 0.387. The molecule has 0 saturated carbocycles. The van der Waals surface area contributed by atoms with Gasteiger partial charge >= 0.3 is 6.01 Å². The Morgan fingerprint density at radius 3 is 2.76 bits per heavy atom. The highest BCUT2D eigenvalue weighted by Crippen LogP contribution is 2.06. The zero-order valence-corrected chi connectivity index (χ0v) is 9.77. The standard InChI is InChI=1S/C10H14N6O/c1-7-3-13-8(4-12-7)5-14-10-16-15-9(17-10)6-11-2/h3-4,11H,5-6H2,1-2H3,(H,14,16). The first kappa shape index (κ1) is 11.5. The van der Waals surface area contributed by atoms with Crippen molar-refractivity contribution in [3.05, 3.63) is 29.7 Å². The van der Waals surface area contributed by atoms with E-state index in [4.69, 9.17) is 4.42 Å². The summed E-state index contributed by atoms with van der Waals surface area (Å²) in [7, 11) is 1.82. The van der Waals surface area contributed by atoms with Crippen molar-refractivity contribution < 1.29 is 4.42 Å². The number of nitrogens with one attached hydrogen (secondary N) is 2. The van der Waals surface area contributed by atoms with Gasteiger partial charge < -0.3 is 15.1 Å². The highest BCUT2D eigenvalue weighted by atomic mass is 16.4. The van der Waals surface area contributed by atoms with Crippen molar-refractivity contribution >= 4 is 6.01 Å². The fraction of sp³-hybridized carbons (Fsp3) is 0.400. The number of aryl methyl sites for hydroxylation is 1. The van der Waals surface area contributed by atoms with Crippen molar-refractivity contribution in [2.75, 3.05) is 12.4 Å². The Balaban J connectivity index is 1.90. The number of anilines is 1. The van der Waals surface area contributed by atoms with E-state index in [0.29, 0.717) is 25.0 Å². The fourth-order valence-corrected chi connectivity index (χ4v) is 1.22. The number of hydrogen-bond acceptors (Lipinski definition) is 7. The summed E-state index contributed by atoms with van der Waals surface area (Å²) in [5.41, 5.74) is 1.71. The summed E-state index contributed by atoms with van der Waals surface area (Å²) in [6, 6.07) is 0.387. The van der Waals surface area contributed by atoms with Crippen molar-refractivity contribution in [3.63, 3.8) is 0 Å². The maximum Gasteiger partial charge on any atom is 0.315 e.